The number of aryl methyl sites for hydroxylation is 2. The predicted molar refractivity (Wildman–Crippen MR) is 406 cm³/mol. The molecule has 530 valence electrons. The average Bonchev–Trinajstić information content (AvgIpc) is 1.78. The number of rotatable bonds is 30. The van der Waals surface area contributed by atoms with Crippen LogP contribution in [-0.2, 0) is 40.3 Å². The third-order valence-corrected chi connectivity index (χ3v) is 16.5. The molecule has 0 radical (unpaired) electrons. The highest BCUT2D eigenvalue weighted by molar-refractivity contribution is 6.32. The highest BCUT2D eigenvalue weighted by Gasteiger charge is 2.18. The van der Waals surface area contributed by atoms with Crippen LogP contribution in [0.25, 0.3) is 45.0 Å². The van der Waals surface area contributed by atoms with Gasteiger partial charge in [0.25, 0.3) is 0 Å². The predicted octanol–water partition coefficient (Wildman–Crippen LogP) is 19.3. The van der Waals surface area contributed by atoms with Crippen molar-refractivity contribution in [3.05, 3.63) is 233 Å². The van der Waals surface area contributed by atoms with Gasteiger partial charge in [-0.2, -0.15) is 25.7 Å². The van der Waals surface area contributed by atoms with Gasteiger partial charge < -0.3 is 38.5 Å². The molecular formula is C82H99ClFN13O4. The minimum Gasteiger partial charge on any atom is -0.489 e. The normalized spacial score (nSPS) is 11.1. The first-order valence-corrected chi connectivity index (χ1v) is 35.2. The molecule has 101 heavy (non-hydrogen) atoms. The minimum atomic E-state index is -0.313. The topological polar surface area (TPSA) is 167 Å². The molecule has 11 rings (SSSR count). The summed E-state index contributed by atoms with van der Waals surface area (Å²) >= 11 is 6.39. The van der Waals surface area contributed by atoms with Gasteiger partial charge in [-0.05, 0) is 215 Å². The van der Waals surface area contributed by atoms with Gasteiger partial charge in [-0.25, -0.2) is 4.39 Å². The van der Waals surface area contributed by atoms with E-state index in [1.165, 1.54) is 48.9 Å². The lowest BCUT2D eigenvalue weighted by Crippen LogP contribution is -2.19. The van der Waals surface area contributed by atoms with Gasteiger partial charge in [-0.15, -0.1) is 0 Å². The molecule has 0 atom stereocenters. The molecule has 0 fully saturated rings. The van der Waals surface area contributed by atoms with E-state index in [1.807, 2.05) is 183 Å². The van der Waals surface area contributed by atoms with Crippen LogP contribution >= 0.6 is 11.6 Å². The molecule has 0 unspecified atom stereocenters. The van der Waals surface area contributed by atoms with Crippen molar-refractivity contribution in [3.8, 4) is 91.3 Å². The summed E-state index contributed by atoms with van der Waals surface area (Å²) in [5, 5.41) is 34.0. The molecule has 0 saturated carbocycles. The summed E-state index contributed by atoms with van der Waals surface area (Å²) in [5.74, 6) is 4.48. The van der Waals surface area contributed by atoms with Crippen molar-refractivity contribution in [1.29, 1.82) is 5.26 Å². The first kappa shape index (κ1) is 76.9. The third-order valence-electron chi connectivity index (χ3n) is 16.2. The van der Waals surface area contributed by atoms with Crippen molar-refractivity contribution < 1.29 is 23.3 Å². The lowest BCUT2D eigenvalue weighted by atomic mass is 10.0. The molecule has 0 aliphatic rings. The van der Waals surface area contributed by atoms with Crippen molar-refractivity contribution in [1.82, 2.24) is 59.6 Å². The van der Waals surface area contributed by atoms with Crippen molar-refractivity contribution >= 4 is 11.6 Å². The number of nitriles is 1. The Morgan fingerprint density at radius 3 is 1.41 bits per heavy atom. The number of nitrogens with one attached hydrogen (secondary N) is 2. The van der Waals surface area contributed by atoms with Gasteiger partial charge in [-0.1, -0.05) is 94.6 Å². The van der Waals surface area contributed by atoms with Crippen LogP contribution in [0.15, 0.2) is 195 Å². The summed E-state index contributed by atoms with van der Waals surface area (Å²) in [6, 6.07) is 55.0. The number of aromatic nitrogens is 8. The number of benzene rings is 7. The standard InChI is InChI=1S/C22H27N3O.C21H22N4O.C20H22FN3O.C19H28ClN3O/c1-4-5-15-24(2)16-19-17-25(3)23-22(19)18-11-13-21(14-12-18)26-20-9-7-6-8-10-20;1-3-11-25(2)15-18-14-23-24-21(18)16-9-10-20(17(12-16)13-22)26-19-7-5-4-6-8-19;1-3-11-24(2)14-16-13-22-23-20(16)15-7-9-18(10-8-15)25-19-6-4-5-17(21)12-19;1-6-7-10-22(4)12-16-13-23(5)21-19(16)15-8-9-18(17(20)11-15)24-14(2)3/h6-14,17H,4-5,15-16H2,1-3H3;4-10,12,14H,3,11,15H2,1-2H3,(H,23,24);4-10,12-13H,3,11,14H2,1-2H3,(H,22,23);8-9,11,13-14H,6-7,10,12H2,1-5H3. The number of nitrogens with zero attached hydrogens (tertiary/aromatic N) is 11. The van der Waals surface area contributed by atoms with E-state index in [0.29, 0.717) is 39.3 Å². The number of hydrogen-bond donors (Lipinski definition) is 2. The minimum absolute atomic E-state index is 0.103. The number of ether oxygens (including phenoxy) is 4. The number of halogens is 2. The summed E-state index contributed by atoms with van der Waals surface area (Å²) in [6.07, 6.45) is 15.1. The van der Waals surface area contributed by atoms with Crippen LogP contribution in [-0.4, -0.2) is 120 Å². The molecular weight excluding hydrogens is 1290 g/mol. The molecule has 11 aromatic rings. The van der Waals surface area contributed by atoms with Gasteiger partial charge in [0.15, 0.2) is 0 Å². The van der Waals surface area contributed by atoms with Crippen molar-refractivity contribution in [2.45, 2.75) is 112 Å². The van der Waals surface area contributed by atoms with Crippen LogP contribution in [0.5, 0.6) is 40.2 Å². The van der Waals surface area contributed by atoms with E-state index < -0.39 is 0 Å². The van der Waals surface area contributed by atoms with E-state index in [2.05, 4.69) is 137 Å². The summed E-state index contributed by atoms with van der Waals surface area (Å²) < 4.78 is 40.1. The zero-order valence-electron chi connectivity index (χ0n) is 60.8. The largest absolute Gasteiger partial charge is 0.489 e. The fourth-order valence-corrected chi connectivity index (χ4v) is 11.6. The average molecular weight is 1390 g/mol. The maximum Gasteiger partial charge on any atom is 0.145 e. The second-order valence-electron chi connectivity index (χ2n) is 25.6. The fourth-order valence-electron chi connectivity index (χ4n) is 11.4. The van der Waals surface area contributed by atoms with Gasteiger partial charge in [0, 0.05) is 103 Å². The molecule has 2 N–H and O–H groups in total. The first-order chi connectivity index (χ1) is 48.9. The lowest BCUT2D eigenvalue weighted by Gasteiger charge is -2.16. The fraction of sp³-hybridized carbons (Fsp3) is 0.329. The summed E-state index contributed by atoms with van der Waals surface area (Å²) in [5.41, 5.74) is 13.3. The molecule has 4 aromatic heterocycles. The number of H-pyrrole nitrogens is 2. The van der Waals surface area contributed by atoms with Crippen LogP contribution < -0.4 is 18.9 Å². The SMILES string of the molecule is CCCCN(C)Cc1cn(C)nc1-c1ccc(OC(C)C)c(Cl)c1.CCCCN(C)Cc1cn(C)nc1-c1ccc(Oc2ccccc2)cc1.CCCN(C)Cc1cn[nH]c1-c1ccc(Oc2cccc(F)c2)cc1.CCCN(C)Cc1cn[nH]c1-c1ccc(Oc2ccccc2)c(C#N)c1. The molecule has 4 heterocycles. The Hall–Kier alpha value is -9.87. The van der Waals surface area contributed by atoms with Crippen LogP contribution in [0.2, 0.25) is 5.02 Å². The van der Waals surface area contributed by atoms with E-state index in [0.717, 1.165) is 133 Å². The van der Waals surface area contributed by atoms with Crippen LogP contribution in [0.1, 0.15) is 108 Å². The second-order valence-corrected chi connectivity index (χ2v) is 26.0. The molecule has 0 spiro atoms. The smallest absolute Gasteiger partial charge is 0.145 e. The number of para-hydroxylation sites is 2. The highest BCUT2D eigenvalue weighted by Crippen LogP contribution is 2.35. The molecule has 0 amide bonds. The number of hydrogen-bond acceptors (Lipinski definition) is 13. The Balaban J connectivity index is 0.000000171. The Labute approximate surface area is 602 Å². The van der Waals surface area contributed by atoms with E-state index in [1.54, 1.807) is 12.1 Å². The van der Waals surface area contributed by atoms with E-state index in [9.17, 15) is 9.65 Å². The first-order valence-electron chi connectivity index (χ1n) is 34.9. The van der Waals surface area contributed by atoms with Gasteiger partial charge in [0.1, 0.15) is 52.1 Å². The second kappa shape index (κ2) is 39.8. The Morgan fingerprint density at radius 2 is 0.911 bits per heavy atom. The number of unbranched alkanes of at least 4 members (excludes halogenated alkanes) is 2. The van der Waals surface area contributed by atoms with Crippen LogP contribution in [0.3, 0.4) is 0 Å². The molecule has 7 aromatic carbocycles. The molecule has 0 saturated heterocycles. The van der Waals surface area contributed by atoms with Gasteiger partial charge in [-0.3, -0.25) is 19.6 Å². The van der Waals surface area contributed by atoms with E-state index in [4.69, 9.17) is 30.5 Å². The molecule has 17 nitrogen and oxygen atoms in total. The molecule has 0 bridgehead atoms. The Bertz CT molecular complexity index is 4280. The third kappa shape index (κ3) is 24.2. The van der Waals surface area contributed by atoms with Gasteiger partial charge in [0.05, 0.1) is 51.9 Å². The Morgan fingerprint density at radius 1 is 0.475 bits per heavy atom. The van der Waals surface area contributed by atoms with Crippen LogP contribution in [0, 0.1) is 17.1 Å². The van der Waals surface area contributed by atoms with Gasteiger partial charge in [0.2, 0.25) is 0 Å². The highest BCUT2D eigenvalue weighted by atomic mass is 35.5. The lowest BCUT2D eigenvalue weighted by molar-refractivity contribution is 0.242. The zero-order valence-corrected chi connectivity index (χ0v) is 61.5. The summed E-state index contributed by atoms with van der Waals surface area (Å²) in [4.78, 5) is 9.22. The molecule has 19 heteroatoms. The molecule has 0 aliphatic heterocycles. The van der Waals surface area contributed by atoms with E-state index in [-0.39, 0.29) is 11.9 Å². The van der Waals surface area contributed by atoms with Gasteiger partial charge >= 0.3 is 0 Å². The maximum atomic E-state index is 13.2. The summed E-state index contributed by atoms with van der Waals surface area (Å²) in [6.45, 7) is 20.5. The quantitative estimate of drug-likeness (QED) is 0.0437. The zero-order chi connectivity index (χ0) is 72.0. The van der Waals surface area contributed by atoms with Crippen molar-refractivity contribution in [2.24, 2.45) is 14.1 Å². The van der Waals surface area contributed by atoms with Crippen LogP contribution in [0.4, 0.5) is 4.39 Å². The maximum absolute atomic E-state index is 13.2. The molecule has 0 aliphatic carbocycles. The Kier molecular flexibility index (Phi) is 30.3. The number of aromatic amines is 2. The van der Waals surface area contributed by atoms with Crippen molar-refractivity contribution in [2.75, 3.05) is 54.4 Å². The van der Waals surface area contributed by atoms with Crippen molar-refractivity contribution in [3.63, 3.8) is 0 Å². The summed E-state index contributed by atoms with van der Waals surface area (Å²) in [7, 11) is 12.5. The van der Waals surface area contributed by atoms with E-state index >= 15 is 0 Å². The monoisotopic (exact) mass is 1380 g/mol.